The van der Waals surface area contributed by atoms with E-state index >= 15 is 0 Å². The summed E-state index contributed by atoms with van der Waals surface area (Å²) in [5, 5.41) is 11.0. The zero-order chi connectivity index (χ0) is 20.8. The highest BCUT2D eigenvalue weighted by molar-refractivity contribution is 5.95. The normalized spacial score (nSPS) is 16.0. The minimum Gasteiger partial charge on any atom is -0.478 e. The van der Waals surface area contributed by atoms with Crippen LogP contribution in [0.2, 0.25) is 0 Å². The highest BCUT2D eigenvalue weighted by Gasteiger charge is 2.48. The molecule has 0 bridgehead atoms. The van der Waals surface area contributed by atoms with Crippen LogP contribution in [0.3, 0.4) is 0 Å². The number of aliphatic carboxylic acids is 1. The van der Waals surface area contributed by atoms with Crippen LogP contribution in [0.4, 0.5) is 13.2 Å². The first-order valence-electron chi connectivity index (χ1n) is 8.73. The molecule has 1 aliphatic rings. The second-order valence-electron chi connectivity index (χ2n) is 6.63. The Morgan fingerprint density at radius 2 is 1.76 bits per heavy atom. The fraction of sp³-hybridized carbons (Fsp3) is 0.136. The Bertz CT molecular complexity index is 1140. The highest BCUT2D eigenvalue weighted by atomic mass is 19.4. The van der Waals surface area contributed by atoms with Crippen LogP contribution in [-0.2, 0) is 4.79 Å². The number of rotatable bonds is 3. The Balaban J connectivity index is 1.77. The molecule has 4 rings (SSSR count). The van der Waals surface area contributed by atoms with Gasteiger partial charge in [-0.15, -0.1) is 0 Å². The average Bonchev–Trinajstić information content (AvgIpc) is 2.69. The number of alkyl halides is 3. The van der Waals surface area contributed by atoms with E-state index in [0.29, 0.717) is 17.1 Å². The largest absolute Gasteiger partial charge is 0.478 e. The summed E-state index contributed by atoms with van der Waals surface area (Å²) < 4.78 is 51.1. The molecule has 1 aliphatic heterocycles. The maximum Gasteiger partial charge on any atom is 0.430 e. The van der Waals surface area contributed by atoms with Gasteiger partial charge in [0, 0.05) is 16.5 Å². The van der Waals surface area contributed by atoms with Gasteiger partial charge in [0.1, 0.15) is 17.2 Å². The van der Waals surface area contributed by atoms with E-state index in [1.165, 1.54) is 6.07 Å². The molecular formula is C22H15F3O4. The lowest BCUT2D eigenvalue weighted by Crippen LogP contribution is -2.40. The molecule has 7 heteroatoms. The summed E-state index contributed by atoms with van der Waals surface area (Å²) >= 11 is 0. The number of carboxylic acid groups (broad SMARTS) is 1. The van der Waals surface area contributed by atoms with Gasteiger partial charge in [-0.25, -0.2) is 4.79 Å². The van der Waals surface area contributed by atoms with Gasteiger partial charge >= 0.3 is 12.1 Å². The van der Waals surface area contributed by atoms with E-state index in [-0.39, 0.29) is 11.3 Å². The summed E-state index contributed by atoms with van der Waals surface area (Å²) in [4.78, 5) is 11.3. The standard InChI is InChI=1S/C22H15F3O4/c1-12-17(28-18-8-4-6-13-5-2-3-7-15(13)18)10-9-14-11-16(21(26)27)20(22(23,24)25)29-19(12)14/h2-11,20H,1H3,(H,26,27). The van der Waals surface area contributed by atoms with Crippen LogP contribution in [0, 0.1) is 6.92 Å². The van der Waals surface area contributed by atoms with Gasteiger partial charge in [0.05, 0.1) is 5.57 Å². The lowest BCUT2D eigenvalue weighted by Gasteiger charge is -2.28. The van der Waals surface area contributed by atoms with Gasteiger partial charge in [0.2, 0.25) is 6.10 Å². The van der Waals surface area contributed by atoms with Gasteiger partial charge in [-0.3, -0.25) is 0 Å². The molecule has 29 heavy (non-hydrogen) atoms. The molecule has 1 N–H and O–H groups in total. The van der Waals surface area contributed by atoms with E-state index in [0.717, 1.165) is 16.8 Å². The minimum atomic E-state index is -4.86. The Morgan fingerprint density at radius 3 is 2.48 bits per heavy atom. The quantitative estimate of drug-likeness (QED) is 0.610. The third kappa shape index (κ3) is 3.40. The second kappa shape index (κ2) is 6.84. The molecule has 3 aromatic carbocycles. The average molecular weight is 400 g/mol. The number of carboxylic acids is 1. The summed E-state index contributed by atoms with van der Waals surface area (Å²) in [6.07, 6.45) is -6.41. The van der Waals surface area contributed by atoms with E-state index in [4.69, 9.17) is 14.6 Å². The van der Waals surface area contributed by atoms with Crippen LogP contribution in [0.15, 0.2) is 60.2 Å². The van der Waals surface area contributed by atoms with Crippen LogP contribution in [-0.4, -0.2) is 23.4 Å². The predicted molar refractivity (Wildman–Crippen MR) is 101 cm³/mol. The lowest BCUT2D eigenvalue weighted by atomic mass is 9.98. The van der Waals surface area contributed by atoms with Gasteiger partial charge in [-0.2, -0.15) is 13.2 Å². The first-order valence-corrected chi connectivity index (χ1v) is 8.73. The molecule has 3 aromatic rings. The summed E-state index contributed by atoms with van der Waals surface area (Å²) in [7, 11) is 0. The van der Waals surface area contributed by atoms with Crippen molar-refractivity contribution in [2.24, 2.45) is 0 Å². The van der Waals surface area contributed by atoms with Crippen LogP contribution >= 0.6 is 0 Å². The number of ether oxygens (including phenoxy) is 2. The van der Waals surface area contributed by atoms with Gasteiger partial charge < -0.3 is 14.6 Å². The summed E-state index contributed by atoms with van der Waals surface area (Å²) in [6, 6.07) is 16.2. The molecule has 1 heterocycles. The van der Waals surface area contributed by atoms with Crippen molar-refractivity contribution in [2.45, 2.75) is 19.2 Å². The number of hydrogen-bond acceptors (Lipinski definition) is 3. The lowest BCUT2D eigenvalue weighted by molar-refractivity contribution is -0.187. The number of halogens is 3. The molecule has 0 amide bonds. The van der Waals surface area contributed by atoms with Crippen molar-refractivity contribution in [1.82, 2.24) is 0 Å². The third-order valence-corrected chi connectivity index (χ3v) is 4.73. The van der Waals surface area contributed by atoms with E-state index in [9.17, 15) is 18.0 Å². The molecule has 0 saturated heterocycles. The maximum absolute atomic E-state index is 13.3. The Hall–Kier alpha value is -3.48. The first kappa shape index (κ1) is 18.9. The number of hydrogen-bond donors (Lipinski definition) is 1. The van der Waals surface area contributed by atoms with E-state index in [1.807, 2.05) is 36.4 Å². The van der Waals surface area contributed by atoms with Crippen molar-refractivity contribution in [3.05, 3.63) is 71.3 Å². The smallest absolute Gasteiger partial charge is 0.430 e. The van der Waals surface area contributed by atoms with E-state index in [1.54, 1.807) is 19.1 Å². The van der Waals surface area contributed by atoms with Gasteiger partial charge in [0.15, 0.2) is 0 Å². The molecule has 0 aromatic heterocycles. The molecule has 1 unspecified atom stereocenters. The molecule has 0 fully saturated rings. The van der Waals surface area contributed by atoms with Crippen LogP contribution in [0.1, 0.15) is 11.1 Å². The van der Waals surface area contributed by atoms with Crippen molar-refractivity contribution in [3.63, 3.8) is 0 Å². The second-order valence-corrected chi connectivity index (χ2v) is 6.63. The Labute approximate surface area is 163 Å². The molecule has 148 valence electrons. The third-order valence-electron chi connectivity index (χ3n) is 4.73. The summed E-state index contributed by atoms with van der Waals surface area (Å²) in [5.74, 6) is -0.842. The van der Waals surface area contributed by atoms with Crippen molar-refractivity contribution >= 4 is 22.8 Å². The SMILES string of the molecule is Cc1c(Oc2cccc3ccccc23)ccc2c1OC(C(F)(F)F)C(C(=O)O)=C2. The highest BCUT2D eigenvalue weighted by Crippen LogP contribution is 2.43. The monoisotopic (exact) mass is 400 g/mol. The molecule has 0 aliphatic carbocycles. The van der Waals surface area contributed by atoms with Crippen molar-refractivity contribution < 1.29 is 32.5 Å². The molecular weight excluding hydrogens is 385 g/mol. The van der Waals surface area contributed by atoms with E-state index < -0.39 is 23.8 Å². The minimum absolute atomic E-state index is 0.0462. The molecule has 0 radical (unpaired) electrons. The zero-order valence-electron chi connectivity index (χ0n) is 15.2. The van der Waals surface area contributed by atoms with Gasteiger partial charge in [-0.1, -0.05) is 36.4 Å². The van der Waals surface area contributed by atoms with Gasteiger partial charge in [0.25, 0.3) is 0 Å². The van der Waals surface area contributed by atoms with Crippen LogP contribution in [0.5, 0.6) is 17.2 Å². The van der Waals surface area contributed by atoms with Crippen LogP contribution in [0.25, 0.3) is 16.8 Å². The summed E-state index contributed by atoms with van der Waals surface area (Å²) in [5.41, 5.74) is -0.247. The molecule has 1 atom stereocenters. The number of benzene rings is 3. The molecule has 0 spiro atoms. The fourth-order valence-electron chi connectivity index (χ4n) is 3.32. The zero-order valence-corrected chi connectivity index (χ0v) is 15.2. The first-order chi connectivity index (χ1) is 13.8. The van der Waals surface area contributed by atoms with Crippen molar-refractivity contribution in [1.29, 1.82) is 0 Å². The number of carbonyl (C=O) groups is 1. The Kier molecular flexibility index (Phi) is 4.45. The van der Waals surface area contributed by atoms with Crippen LogP contribution < -0.4 is 9.47 Å². The molecule has 0 saturated carbocycles. The van der Waals surface area contributed by atoms with Crippen molar-refractivity contribution in [2.75, 3.05) is 0 Å². The van der Waals surface area contributed by atoms with E-state index in [2.05, 4.69) is 0 Å². The maximum atomic E-state index is 13.3. The Morgan fingerprint density at radius 1 is 1.03 bits per heavy atom. The fourth-order valence-corrected chi connectivity index (χ4v) is 3.32. The predicted octanol–water partition coefficient (Wildman–Crippen LogP) is 5.73. The summed E-state index contributed by atoms with van der Waals surface area (Å²) in [6.45, 7) is 1.58. The topological polar surface area (TPSA) is 55.8 Å². The van der Waals surface area contributed by atoms with Crippen molar-refractivity contribution in [3.8, 4) is 17.2 Å². The van der Waals surface area contributed by atoms with Gasteiger partial charge in [-0.05, 0) is 36.6 Å². The molecule has 4 nitrogen and oxygen atoms in total. The number of fused-ring (bicyclic) bond motifs is 2.